The predicted molar refractivity (Wildman–Crippen MR) is 141 cm³/mol. The number of benzene rings is 2. The van der Waals surface area contributed by atoms with Crippen LogP contribution in [0.15, 0.2) is 60.7 Å². The van der Waals surface area contributed by atoms with Crippen LogP contribution < -0.4 is 5.32 Å². The highest BCUT2D eigenvalue weighted by Gasteiger charge is 2.50. The molecule has 0 spiro atoms. The molecule has 2 aromatic carbocycles. The number of terminal acetylenes is 1. The Hall–Kier alpha value is -3.18. The smallest absolute Gasteiger partial charge is 0.246 e. The number of fused-ring (bicyclic) bond motifs is 1. The van der Waals surface area contributed by atoms with E-state index < -0.39 is 6.04 Å². The molecule has 2 saturated heterocycles. The maximum absolute atomic E-state index is 13.8. The zero-order chi connectivity index (χ0) is 25.5. The number of unbranched alkanes of at least 4 members (excludes halogenated alkanes) is 1. The molecular weight excluding hydrogens is 450 g/mol. The number of amides is 2. The van der Waals surface area contributed by atoms with E-state index >= 15 is 0 Å². The van der Waals surface area contributed by atoms with Gasteiger partial charge in [0, 0.05) is 6.54 Å². The van der Waals surface area contributed by atoms with E-state index in [9.17, 15) is 9.59 Å². The molecule has 0 aromatic heterocycles. The third-order valence-electron chi connectivity index (χ3n) is 7.20. The second kappa shape index (κ2) is 12.2. The van der Waals surface area contributed by atoms with Crippen LogP contribution in [0.4, 0.5) is 0 Å². The highest BCUT2D eigenvalue weighted by atomic mass is 16.2. The molecule has 2 amide bonds. The molecule has 7 nitrogen and oxygen atoms in total. The van der Waals surface area contributed by atoms with Gasteiger partial charge in [-0.15, -0.1) is 6.42 Å². The van der Waals surface area contributed by atoms with E-state index in [-0.39, 0.29) is 30.6 Å². The molecule has 0 bridgehead atoms. The summed E-state index contributed by atoms with van der Waals surface area (Å²) in [5, 5.41) is 7.62. The van der Waals surface area contributed by atoms with Gasteiger partial charge in [0.1, 0.15) is 12.2 Å². The zero-order valence-corrected chi connectivity index (χ0v) is 21.3. The molecule has 0 unspecified atom stereocenters. The highest BCUT2D eigenvalue weighted by molar-refractivity contribution is 5.90. The lowest BCUT2D eigenvalue weighted by Gasteiger charge is -2.56. The van der Waals surface area contributed by atoms with E-state index in [0.717, 1.165) is 18.4 Å². The number of carbonyl (C=O) groups excluding carboxylic acids is 2. The topological polar surface area (TPSA) is 59.1 Å². The summed E-state index contributed by atoms with van der Waals surface area (Å²) in [4.78, 5) is 31.0. The van der Waals surface area contributed by atoms with Crippen molar-refractivity contribution in [1.82, 2.24) is 25.1 Å². The van der Waals surface area contributed by atoms with Crippen molar-refractivity contribution < 1.29 is 9.59 Å². The zero-order valence-electron chi connectivity index (χ0n) is 21.3. The largest absolute Gasteiger partial charge is 0.331 e. The number of nitrogens with zero attached hydrogens (tertiary/aromatic N) is 4. The van der Waals surface area contributed by atoms with Gasteiger partial charge in [-0.25, -0.2) is 10.0 Å². The van der Waals surface area contributed by atoms with E-state index in [0.29, 0.717) is 32.7 Å². The van der Waals surface area contributed by atoms with Crippen molar-refractivity contribution in [3.8, 4) is 12.3 Å². The number of piperazine rings is 1. The summed E-state index contributed by atoms with van der Waals surface area (Å²) in [6.07, 6.45) is 7.93. The third-order valence-corrected chi connectivity index (χ3v) is 7.20. The Balaban J connectivity index is 1.62. The van der Waals surface area contributed by atoms with Crippen molar-refractivity contribution in [3.05, 3.63) is 71.8 Å². The molecule has 0 saturated carbocycles. The molecule has 0 radical (unpaired) electrons. The van der Waals surface area contributed by atoms with Gasteiger partial charge in [0.15, 0.2) is 0 Å². The number of hydrogen-bond donors (Lipinski definition) is 1. The van der Waals surface area contributed by atoms with Gasteiger partial charge < -0.3 is 9.80 Å². The van der Waals surface area contributed by atoms with Crippen LogP contribution in [0.2, 0.25) is 0 Å². The van der Waals surface area contributed by atoms with E-state index in [4.69, 9.17) is 6.42 Å². The lowest BCUT2D eigenvalue weighted by Crippen LogP contribution is -2.75. The first-order valence-electron chi connectivity index (χ1n) is 12.9. The van der Waals surface area contributed by atoms with E-state index in [1.54, 1.807) is 0 Å². The minimum absolute atomic E-state index is 0.0315. The Morgan fingerprint density at radius 3 is 2.44 bits per heavy atom. The fourth-order valence-electron chi connectivity index (χ4n) is 5.26. The van der Waals surface area contributed by atoms with Gasteiger partial charge in [-0.2, -0.15) is 0 Å². The number of rotatable bonds is 10. The fourth-order valence-corrected chi connectivity index (χ4v) is 5.26. The Labute approximate surface area is 215 Å². The summed E-state index contributed by atoms with van der Waals surface area (Å²) in [5.41, 5.74) is 2.27. The Kier molecular flexibility index (Phi) is 8.76. The molecule has 3 atom stereocenters. The third kappa shape index (κ3) is 5.62. The van der Waals surface area contributed by atoms with E-state index in [1.807, 2.05) is 51.2 Å². The van der Waals surface area contributed by atoms with Gasteiger partial charge in [0.05, 0.1) is 32.3 Å². The molecule has 2 aliphatic heterocycles. The Morgan fingerprint density at radius 1 is 1.08 bits per heavy atom. The predicted octanol–water partition coefficient (Wildman–Crippen LogP) is 3.22. The number of carbonyl (C=O) groups is 2. The molecule has 0 aliphatic carbocycles. The van der Waals surface area contributed by atoms with Gasteiger partial charge >= 0.3 is 0 Å². The summed E-state index contributed by atoms with van der Waals surface area (Å²) >= 11 is 0. The van der Waals surface area contributed by atoms with Gasteiger partial charge in [0.2, 0.25) is 11.8 Å². The van der Waals surface area contributed by atoms with Crippen LogP contribution in [0, 0.1) is 12.3 Å². The quantitative estimate of drug-likeness (QED) is 0.522. The second-order valence-electron chi connectivity index (χ2n) is 9.55. The van der Waals surface area contributed by atoms with Crippen LogP contribution in [0.1, 0.15) is 50.3 Å². The number of hydrogen-bond acceptors (Lipinski definition) is 5. The summed E-state index contributed by atoms with van der Waals surface area (Å²) in [6.45, 7) is 6.35. The maximum atomic E-state index is 13.8. The number of hydrazine groups is 1. The van der Waals surface area contributed by atoms with Crippen LogP contribution >= 0.6 is 0 Å². The van der Waals surface area contributed by atoms with Gasteiger partial charge in [-0.05, 0) is 24.5 Å². The summed E-state index contributed by atoms with van der Waals surface area (Å²) in [7, 11) is 0. The summed E-state index contributed by atoms with van der Waals surface area (Å²) in [6, 6.07) is 19.8. The van der Waals surface area contributed by atoms with Crippen LogP contribution in [-0.2, 0) is 16.1 Å². The lowest BCUT2D eigenvalue weighted by atomic mass is 9.98. The molecule has 36 heavy (non-hydrogen) atoms. The van der Waals surface area contributed by atoms with Gasteiger partial charge in [-0.1, -0.05) is 86.3 Å². The summed E-state index contributed by atoms with van der Waals surface area (Å²) < 4.78 is 0. The van der Waals surface area contributed by atoms with Crippen LogP contribution in [0.5, 0.6) is 0 Å². The monoisotopic (exact) mass is 487 g/mol. The minimum atomic E-state index is -0.466. The van der Waals surface area contributed by atoms with Gasteiger partial charge in [-0.3, -0.25) is 14.9 Å². The molecule has 2 fully saturated rings. The first kappa shape index (κ1) is 25.9. The highest BCUT2D eigenvalue weighted by Crippen LogP contribution is 2.32. The average Bonchev–Trinajstić information content (AvgIpc) is 2.90. The standard InChI is InChI=1S/C29H37N5O2/c1-4-6-17-26-29(36)32(23(3)25-15-11-8-12-16-25)20-27-33(22-30-19-24-13-9-7-10-14-24)31(18-5-2)21-28(35)34(26)27/h2,7-16,23,26-27,30H,4,6,17-22H2,1,3H3/t23-,26+,27-/m1/s1. The molecule has 7 heteroatoms. The number of nitrogens with one attached hydrogen (secondary N) is 1. The van der Waals surface area contributed by atoms with Crippen LogP contribution in [-0.4, -0.2) is 70.1 Å². The SMILES string of the molecule is C#CCN1CC(=O)N2[C@@H](CCCC)C(=O)N([C@H](C)c3ccccc3)C[C@@H]2N1CNCc1ccccc1. The molecular formula is C29H37N5O2. The van der Waals surface area contributed by atoms with Crippen molar-refractivity contribution in [3.63, 3.8) is 0 Å². The van der Waals surface area contributed by atoms with Crippen molar-refractivity contribution in [1.29, 1.82) is 0 Å². The van der Waals surface area contributed by atoms with E-state index in [1.165, 1.54) is 5.56 Å². The molecule has 190 valence electrons. The first-order valence-corrected chi connectivity index (χ1v) is 12.9. The normalized spacial score (nSPS) is 21.8. The van der Waals surface area contributed by atoms with Crippen molar-refractivity contribution >= 4 is 11.8 Å². The molecule has 2 heterocycles. The van der Waals surface area contributed by atoms with Gasteiger partial charge in [0.25, 0.3) is 0 Å². The second-order valence-corrected chi connectivity index (χ2v) is 9.55. The molecule has 2 aliphatic rings. The van der Waals surface area contributed by atoms with Crippen LogP contribution in [0.3, 0.4) is 0 Å². The lowest BCUT2D eigenvalue weighted by molar-refractivity contribution is -0.205. The van der Waals surface area contributed by atoms with Crippen molar-refractivity contribution in [2.45, 2.75) is 57.9 Å². The maximum Gasteiger partial charge on any atom is 0.246 e. The molecule has 1 N–H and O–H groups in total. The molecule has 4 rings (SSSR count). The average molecular weight is 488 g/mol. The fraction of sp³-hybridized carbons (Fsp3) is 0.448. The molecule has 2 aromatic rings. The van der Waals surface area contributed by atoms with E-state index in [2.05, 4.69) is 54.4 Å². The Bertz CT molecular complexity index is 1050. The van der Waals surface area contributed by atoms with Crippen molar-refractivity contribution in [2.75, 3.05) is 26.3 Å². The van der Waals surface area contributed by atoms with Crippen molar-refractivity contribution in [2.24, 2.45) is 0 Å². The minimum Gasteiger partial charge on any atom is -0.331 e. The van der Waals surface area contributed by atoms with Crippen LogP contribution in [0.25, 0.3) is 0 Å². The first-order chi connectivity index (χ1) is 17.5. The summed E-state index contributed by atoms with van der Waals surface area (Å²) in [5.74, 6) is 2.71. The Morgan fingerprint density at radius 2 is 1.78 bits per heavy atom.